The summed E-state index contributed by atoms with van der Waals surface area (Å²) in [5.74, 6) is -0.310. The van der Waals surface area contributed by atoms with E-state index in [1.165, 1.54) is 6.92 Å². The standard InChI is InChI=1S/C5H9O2/c1-4(3-6)5(2)7/h4H,3H2,1-2H3. The molecule has 0 aliphatic carbocycles. The van der Waals surface area contributed by atoms with Crippen molar-refractivity contribution >= 4 is 5.78 Å². The molecule has 0 saturated carbocycles. The van der Waals surface area contributed by atoms with E-state index in [4.69, 9.17) is 0 Å². The Hall–Kier alpha value is -0.370. The molecule has 0 aliphatic rings. The third kappa shape index (κ3) is 2.34. The molecule has 0 saturated heterocycles. The van der Waals surface area contributed by atoms with Crippen molar-refractivity contribution in [2.45, 2.75) is 13.8 Å². The van der Waals surface area contributed by atoms with Crippen molar-refractivity contribution in [3.63, 3.8) is 0 Å². The van der Waals surface area contributed by atoms with Crippen molar-refractivity contribution < 1.29 is 9.90 Å². The maximum atomic E-state index is 10.2. The van der Waals surface area contributed by atoms with Gasteiger partial charge in [0, 0.05) is 5.92 Å². The van der Waals surface area contributed by atoms with Gasteiger partial charge in [-0.25, -0.2) is 5.11 Å². The molecule has 0 bridgehead atoms. The molecule has 2 nitrogen and oxygen atoms in total. The predicted octanol–water partition coefficient (Wildman–Crippen LogP) is 0.642. The first-order valence-corrected chi connectivity index (χ1v) is 2.27. The zero-order valence-corrected chi connectivity index (χ0v) is 4.60. The summed E-state index contributed by atoms with van der Waals surface area (Å²) in [6.07, 6.45) is 0. The van der Waals surface area contributed by atoms with Gasteiger partial charge in [-0.1, -0.05) is 6.92 Å². The normalized spacial score (nSPS) is 13.6. The predicted molar refractivity (Wildman–Crippen MR) is 25.4 cm³/mol. The topological polar surface area (TPSA) is 37.0 Å². The van der Waals surface area contributed by atoms with Crippen LogP contribution in [0.4, 0.5) is 0 Å². The van der Waals surface area contributed by atoms with Crippen LogP contribution in [0.25, 0.3) is 0 Å². The summed E-state index contributed by atoms with van der Waals surface area (Å²) in [5, 5.41) is 9.85. The highest BCUT2D eigenvalue weighted by Crippen LogP contribution is 1.91. The number of carbonyl (C=O) groups excluding carboxylic acids is 1. The molecule has 7 heavy (non-hydrogen) atoms. The molecule has 1 unspecified atom stereocenters. The van der Waals surface area contributed by atoms with E-state index in [2.05, 4.69) is 0 Å². The quantitative estimate of drug-likeness (QED) is 0.503. The van der Waals surface area contributed by atoms with E-state index in [9.17, 15) is 9.90 Å². The lowest BCUT2D eigenvalue weighted by Gasteiger charge is -1.95. The number of ketones is 1. The second-order valence-electron chi connectivity index (χ2n) is 1.68. The van der Waals surface area contributed by atoms with E-state index in [0.717, 1.165) is 0 Å². The van der Waals surface area contributed by atoms with Crippen LogP contribution >= 0.6 is 0 Å². The summed E-state index contributed by atoms with van der Waals surface area (Å²) in [6, 6.07) is 0. The Kier molecular flexibility index (Phi) is 2.60. The monoisotopic (exact) mass is 101 g/mol. The molecule has 0 aromatic heterocycles. The summed E-state index contributed by atoms with van der Waals surface area (Å²) < 4.78 is 0. The molecule has 0 aromatic rings. The summed E-state index contributed by atoms with van der Waals surface area (Å²) in [7, 11) is 0. The number of hydrogen-bond donors (Lipinski definition) is 0. The van der Waals surface area contributed by atoms with Gasteiger partial charge in [-0.2, -0.15) is 0 Å². The van der Waals surface area contributed by atoms with E-state index in [0.29, 0.717) is 0 Å². The minimum Gasteiger partial charge on any atom is -0.300 e. The largest absolute Gasteiger partial charge is 0.300 e. The molecule has 1 atom stereocenters. The van der Waals surface area contributed by atoms with E-state index in [1.807, 2.05) is 0 Å². The van der Waals surface area contributed by atoms with Gasteiger partial charge in [0.05, 0.1) is 6.61 Å². The highest BCUT2D eigenvalue weighted by atomic mass is 16.3. The Morgan fingerprint density at radius 3 is 2.14 bits per heavy atom. The third-order valence-electron chi connectivity index (χ3n) is 0.944. The molecule has 0 fully saturated rings. The van der Waals surface area contributed by atoms with Crippen LogP contribution in [0, 0.1) is 5.92 Å². The molecule has 0 rings (SSSR count). The van der Waals surface area contributed by atoms with Gasteiger partial charge in [-0.15, -0.1) is 0 Å². The molecule has 0 amide bonds. The van der Waals surface area contributed by atoms with Crippen LogP contribution < -0.4 is 0 Å². The zero-order valence-electron chi connectivity index (χ0n) is 4.60. The Labute approximate surface area is 43.2 Å². The van der Waals surface area contributed by atoms with Gasteiger partial charge in [-0.05, 0) is 6.92 Å². The van der Waals surface area contributed by atoms with E-state index >= 15 is 0 Å². The fraction of sp³-hybridized carbons (Fsp3) is 0.800. The number of hydrogen-bond acceptors (Lipinski definition) is 1. The van der Waals surface area contributed by atoms with Crippen molar-refractivity contribution in [2.24, 2.45) is 5.92 Å². The van der Waals surface area contributed by atoms with Gasteiger partial charge >= 0.3 is 0 Å². The van der Waals surface area contributed by atoms with Crippen LogP contribution in [-0.2, 0) is 9.90 Å². The van der Waals surface area contributed by atoms with E-state index < -0.39 is 0 Å². The van der Waals surface area contributed by atoms with Gasteiger partial charge < -0.3 is 0 Å². The molecule has 2 heteroatoms. The fourth-order valence-electron chi connectivity index (χ4n) is 0.117. The number of rotatable bonds is 2. The summed E-state index contributed by atoms with van der Waals surface area (Å²) >= 11 is 0. The van der Waals surface area contributed by atoms with Gasteiger partial charge in [0.2, 0.25) is 0 Å². The maximum Gasteiger partial charge on any atom is 0.135 e. The first-order valence-electron chi connectivity index (χ1n) is 2.27. The molecule has 0 N–H and O–H groups in total. The molecular formula is C5H9O2. The number of Topliss-reactive ketones (excluding diaryl/α,β-unsaturated/α-hetero) is 1. The van der Waals surface area contributed by atoms with Crippen molar-refractivity contribution in [2.75, 3.05) is 6.61 Å². The average molecular weight is 101 g/mol. The summed E-state index contributed by atoms with van der Waals surface area (Å²) in [4.78, 5) is 10.2. The maximum absolute atomic E-state index is 10.2. The van der Waals surface area contributed by atoms with Crippen LogP contribution in [0.1, 0.15) is 13.8 Å². The Morgan fingerprint density at radius 1 is 1.71 bits per heavy atom. The molecule has 0 heterocycles. The molecule has 0 aliphatic heterocycles. The van der Waals surface area contributed by atoms with Crippen LogP contribution in [-0.4, -0.2) is 12.4 Å². The summed E-state index contributed by atoms with van der Waals surface area (Å²) in [5.41, 5.74) is 0. The van der Waals surface area contributed by atoms with Crippen molar-refractivity contribution in [3.8, 4) is 0 Å². The lowest BCUT2D eigenvalue weighted by molar-refractivity contribution is -0.121. The Morgan fingerprint density at radius 2 is 2.14 bits per heavy atom. The SMILES string of the molecule is CC(=O)C(C)C[O]. The molecular weight excluding hydrogens is 92.1 g/mol. The van der Waals surface area contributed by atoms with E-state index in [1.54, 1.807) is 6.92 Å². The lowest BCUT2D eigenvalue weighted by atomic mass is 10.1. The first kappa shape index (κ1) is 6.63. The van der Waals surface area contributed by atoms with Crippen LogP contribution in [0.3, 0.4) is 0 Å². The first-order chi connectivity index (χ1) is 3.18. The highest BCUT2D eigenvalue weighted by molar-refractivity contribution is 5.77. The van der Waals surface area contributed by atoms with E-state index in [-0.39, 0.29) is 18.3 Å². The summed E-state index contributed by atoms with van der Waals surface area (Å²) in [6.45, 7) is 2.78. The second kappa shape index (κ2) is 2.75. The smallest absolute Gasteiger partial charge is 0.135 e. The molecule has 1 radical (unpaired) electrons. The molecule has 41 valence electrons. The molecule has 0 spiro atoms. The Bertz CT molecular complexity index is 68.5. The number of carbonyl (C=O) groups is 1. The van der Waals surface area contributed by atoms with Crippen LogP contribution in [0.5, 0.6) is 0 Å². The van der Waals surface area contributed by atoms with Gasteiger partial charge in [0.1, 0.15) is 5.78 Å². The molecule has 0 aromatic carbocycles. The van der Waals surface area contributed by atoms with Gasteiger partial charge in [-0.3, -0.25) is 4.79 Å². The minimum atomic E-state index is -0.292. The second-order valence-corrected chi connectivity index (χ2v) is 1.68. The fourth-order valence-corrected chi connectivity index (χ4v) is 0.117. The van der Waals surface area contributed by atoms with Gasteiger partial charge in [0.15, 0.2) is 0 Å². The van der Waals surface area contributed by atoms with Crippen molar-refractivity contribution in [3.05, 3.63) is 0 Å². The Balaban J connectivity index is 3.34. The van der Waals surface area contributed by atoms with Crippen molar-refractivity contribution in [1.29, 1.82) is 0 Å². The van der Waals surface area contributed by atoms with Crippen LogP contribution in [0.2, 0.25) is 0 Å². The van der Waals surface area contributed by atoms with Crippen LogP contribution in [0.15, 0.2) is 0 Å². The minimum absolute atomic E-state index is 0.0185. The van der Waals surface area contributed by atoms with Gasteiger partial charge in [0.25, 0.3) is 0 Å². The average Bonchev–Trinajstić information content (AvgIpc) is 1.65. The zero-order chi connectivity index (χ0) is 5.86. The third-order valence-corrected chi connectivity index (χ3v) is 0.944. The van der Waals surface area contributed by atoms with Crippen molar-refractivity contribution in [1.82, 2.24) is 0 Å². The lowest BCUT2D eigenvalue weighted by Crippen LogP contribution is -2.08. The highest BCUT2D eigenvalue weighted by Gasteiger charge is 2.03.